The van der Waals surface area contributed by atoms with Gasteiger partial charge in [0.2, 0.25) is 5.51 Å². The van der Waals surface area contributed by atoms with Gasteiger partial charge in [-0.25, -0.2) is 0 Å². The minimum absolute atomic E-state index is 0.0570. The number of rotatable bonds is 6. The summed E-state index contributed by atoms with van der Waals surface area (Å²) >= 11 is 1.68. The topological polar surface area (TPSA) is 79.8 Å². The normalized spacial score (nSPS) is 29.3. The van der Waals surface area contributed by atoms with E-state index in [1.54, 1.807) is 24.5 Å². The van der Waals surface area contributed by atoms with Gasteiger partial charge in [0.1, 0.15) is 0 Å². The summed E-state index contributed by atoms with van der Waals surface area (Å²) in [5.41, 5.74) is 12.1. The van der Waals surface area contributed by atoms with E-state index in [-0.39, 0.29) is 17.7 Å². The predicted octanol–water partition coefficient (Wildman–Crippen LogP) is 4.33. The van der Waals surface area contributed by atoms with Crippen LogP contribution in [-0.2, 0) is 22.5 Å². The highest BCUT2D eigenvalue weighted by atomic mass is 32.1. The van der Waals surface area contributed by atoms with Crippen LogP contribution in [0.5, 0.6) is 0 Å². The van der Waals surface area contributed by atoms with Crippen LogP contribution >= 0.6 is 11.3 Å². The average molecular weight is 427 g/mol. The van der Waals surface area contributed by atoms with Crippen molar-refractivity contribution < 1.29 is 14.1 Å². The van der Waals surface area contributed by atoms with Crippen molar-refractivity contribution in [1.29, 1.82) is 0 Å². The van der Waals surface area contributed by atoms with E-state index in [1.807, 2.05) is 0 Å². The van der Waals surface area contributed by atoms with Gasteiger partial charge in [-0.05, 0) is 62.7 Å². The first-order valence-corrected chi connectivity index (χ1v) is 12.0. The third-order valence-corrected chi connectivity index (χ3v) is 8.70. The zero-order valence-electron chi connectivity index (χ0n) is 17.8. The molecule has 160 valence electrons. The van der Waals surface area contributed by atoms with Crippen LogP contribution in [0.2, 0.25) is 0 Å². The molecule has 30 heavy (non-hydrogen) atoms. The highest BCUT2D eigenvalue weighted by Crippen LogP contribution is 2.56. The number of aromatic nitrogens is 3. The number of carbonyl (C=O) groups is 1. The van der Waals surface area contributed by atoms with Crippen LogP contribution in [0.25, 0.3) is 5.73 Å². The van der Waals surface area contributed by atoms with Crippen molar-refractivity contribution >= 4 is 23.1 Å². The second kappa shape index (κ2) is 7.91. The van der Waals surface area contributed by atoms with Crippen LogP contribution < -0.4 is 4.57 Å². The molecule has 0 atom stereocenters. The molecule has 4 aliphatic carbocycles. The molecule has 2 aromatic rings. The van der Waals surface area contributed by atoms with Gasteiger partial charge in [0, 0.05) is 30.9 Å². The lowest BCUT2D eigenvalue weighted by atomic mass is 9.52. The fraction of sp³-hybridized carbons (Fsp3) is 0.652. The fourth-order valence-corrected chi connectivity index (χ4v) is 7.27. The van der Waals surface area contributed by atoms with Crippen LogP contribution in [-0.4, -0.2) is 22.5 Å². The molecule has 0 radical (unpaired) electrons. The second-order valence-electron chi connectivity index (χ2n) is 9.52. The van der Waals surface area contributed by atoms with E-state index >= 15 is 0 Å². The summed E-state index contributed by atoms with van der Waals surface area (Å²) in [7, 11) is 0. The van der Waals surface area contributed by atoms with Crippen molar-refractivity contribution in [2.45, 2.75) is 58.9 Å². The smallest absolute Gasteiger partial charge is 0.309 e. The van der Waals surface area contributed by atoms with Crippen LogP contribution in [0.3, 0.4) is 0 Å². The number of nitrogens with one attached hydrogen (secondary N) is 1. The number of nitrogens with zero attached hydrogens (tertiary/aromatic N) is 3. The molecule has 0 spiro atoms. The Kier molecular flexibility index (Phi) is 5.25. The quantitative estimate of drug-likeness (QED) is 0.509. The lowest BCUT2D eigenvalue weighted by Crippen LogP contribution is -2.48. The largest absolute Gasteiger partial charge is 0.482 e. The van der Waals surface area contributed by atoms with Crippen molar-refractivity contribution in [1.82, 2.24) is 9.97 Å². The Morgan fingerprint density at radius 3 is 2.57 bits per heavy atom. The van der Waals surface area contributed by atoms with Crippen LogP contribution in [0.1, 0.15) is 54.1 Å². The SMILES string of the molecule is Cc1ncc(C[n+]2csc(CCOC(=O)C3C4CC5CC(C4)CC3C5)c2C)c([NH-])n1. The van der Waals surface area contributed by atoms with E-state index in [1.165, 1.54) is 37.0 Å². The molecule has 0 aliphatic heterocycles. The lowest BCUT2D eigenvalue weighted by Gasteiger charge is -2.53. The van der Waals surface area contributed by atoms with Crippen LogP contribution in [0.15, 0.2) is 11.7 Å². The zero-order chi connectivity index (χ0) is 20.8. The first kappa shape index (κ1) is 19.9. The Hall–Kier alpha value is -2.02. The summed E-state index contributed by atoms with van der Waals surface area (Å²) in [5.74, 6) is 4.04. The summed E-state index contributed by atoms with van der Waals surface area (Å²) in [4.78, 5) is 22.4. The van der Waals surface area contributed by atoms with Crippen molar-refractivity contribution in [3.8, 4) is 0 Å². The second-order valence-corrected chi connectivity index (χ2v) is 10.5. The van der Waals surface area contributed by atoms with Crippen LogP contribution in [0, 0.1) is 43.4 Å². The number of carbonyl (C=O) groups excluding carboxylic acids is 1. The van der Waals surface area contributed by atoms with Gasteiger partial charge in [0.25, 0.3) is 0 Å². The number of esters is 1. The Morgan fingerprint density at radius 1 is 1.20 bits per heavy atom. The van der Waals surface area contributed by atoms with Crippen molar-refractivity contribution in [3.05, 3.63) is 39.4 Å². The molecular formula is C23H30N4O2S. The third-order valence-electron chi connectivity index (χ3n) is 7.55. The minimum atomic E-state index is 0.0570. The van der Waals surface area contributed by atoms with Gasteiger partial charge in [0.05, 0.1) is 17.4 Å². The van der Waals surface area contributed by atoms with Gasteiger partial charge in [-0.3, -0.25) is 9.78 Å². The molecule has 6 rings (SSSR count). The van der Waals surface area contributed by atoms with E-state index < -0.39 is 0 Å². The molecule has 6 nitrogen and oxygen atoms in total. The predicted molar refractivity (Wildman–Crippen MR) is 114 cm³/mol. The first-order valence-electron chi connectivity index (χ1n) is 11.1. The number of thiazole rings is 1. The fourth-order valence-electron chi connectivity index (χ4n) is 6.29. The lowest BCUT2D eigenvalue weighted by molar-refractivity contribution is -0.689. The zero-order valence-corrected chi connectivity index (χ0v) is 18.6. The van der Waals surface area contributed by atoms with Gasteiger partial charge in [-0.15, -0.1) is 0 Å². The van der Waals surface area contributed by atoms with Crippen molar-refractivity contribution in [3.63, 3.8) is 0 Å². The summed E-state index contributed by atoms with van der Waals surface area (Å²) < 4.78 is 7.93. The molecular weight excluding hydrogens is 396 g/mol. The number of aryl methyl sites for hydroxylation is 1. The van der Waals surface area contributed by atoms with Gasteiger partial charge < -0.3 is 15.5 Å². The Labute approximate surface area is 181 Å². The minimum Gasteiger partial charge on any atom is -0.482 e. The van der Waals surface area contributed by atoms with E-state index in [0.717, 1.165) is 29.5 Å². The van der Waals surface area contributed by atoms with E-state index in [0.29, 0.717) is 30.8 Å². The molecule has 4 fully saturated rings. The Morgan fingerprint density at radius 2 is 1.90 bits per heavy atom. The maximum absolute atomic E-state index is 12.9. The molecule has 0 unspecified atom stereocenters. The van der Waals surface area contributed by atoms with E-state index in [4.69, 9.17) is 10.5 Å². The molecule has 2 heterocycles. The number of ether oxygens (including phenoxy) is 1. The third kappa shape index (κ3) is 3.72. The molecule has 0 aromatic carbocycles. The maximum Gasteiger partial charge on any atom is 0.309 e. The summed E-state index contributed by atoms with van der Waals surface area (Å²) in [6.45, 7) is 4.94. The standard InChI is InChI=1S/C23H30N4O2S/c1-13-20(30-12-27(13)11-19-10-25-14(2)26-22(19)24)3-4-29-23(28)21-17-6-15-5-16(8-17)9-18(21)7-15/h10,12,15-18,21H,3-9,11H2,1-2H3,(H-,24,25,26). The van der Waals surface area contributed by atoms with Crippen molar-refractivity contribution in [2.24, 2.45) is 29.6 Å². The van der Waals surface area contributed by atoms with Gasteiger partial charge in [-0.1, -0.05) is 17.2 Å². The summed E-state index contributed by atoms with van der Waals surface area (Å²) in [6.07, 6.45) is 8.88. The molecule has 1 N–H and O–H groups in total. The van der Waals surface area contributed by atoms with Gasteiger partial charge in [-0.2, -0.15) is 4.57 Å². The number of hydrogen-bond donors (Lipinski definition) is 0. The van der Waals surface area contributed by atoms with E-state index in [9.17, 15) is 4.79 Å². The summed E-state index contributed by atoms with van der Waals surface area (Å²) in [6, 6.07) is 0. The van der Waals surface area contributed by atoms with Gasteiger partial charge >= 0.3 is 5.97 Å². The Balaban J connectivity index is 1.17. The molecule has 4 aliphatic rings. The molecule has 0 amide bonds. The maximum atomic E-state index is 12.9. The number of hydrogen-bond acceptors (Lipinski definition) is 5. The molecule has 0 saturated heterocycles. The average Bonchev–Trinajstić information content (AvgIpc) is 3.03. The molecule has 4 bridgehead atoms. The van der Waals surface area contributed by atoms with Crippen molar-refractivity contribution in [2.75, 3.05) is 6.61 Å². The summed E-state index contributed by atoms with van der Waals surface area (Å²) in [5, 5.41) is 0. The Bertz CT molecular complexity index is 929. The highest BCUT2D eigenvalue weighted by molar-refractivity contribution is 7.09. The monoisotopic (exact) mass is 426 g/mol. The highest BCUT2D eigenvalue weighted by Gasteiger charge is 2.51. The van der Waals surface area contributed by atoms with Crippen LogP contribution in [0.4, 0.5) is 5.82 Å². The van der Waals surface area contributed by atoms with E-state index in [2.05, 4.69) is 27.0 Å². The van der Waals surface area contributed by atoms with Gasteiger partial charge in [0.15, 0.2) is 12.2 Å². The first-order chi connectivity index (χ1) is 14.5. The molecule has 2 aromatic heterocycles. The molecule has 4 saturated carbocycles. The molecule has 7 heteroatoms.